The molecule has 3 N–H and O–H groups in total. The van der Waals surface area contributed by atoms with Crippen LogP contribution in [0.3, 0.4) is 0 Å². The summed E-state index contributed by atoms with van der Waals surface area (Å²) < 4.78 is 0. The van der Waals surface area contributed by atoms with Crippen LogP contribution in [0.1, 0.15) is 87.9 Å². The summed E-state index contributed by atoms with van der Waals surface area (Å²) in [4.78, 5) is 30.0. The number of hydrogen-bond donors (Lipinski definition) is 3. The van der Waals surface area contributed by atoms with E-state index in [1.54, 1.807) is 11.8 Å². The van der Waals surface area contributed by atoms with Gasteiger partial charge in [-0.1, -0.05) is 26.2 Å². The van der Waals surface area contributed by atoms with Crippen LogP contribution in [0, 0.1) is 23.2 Å². The Hall–Kier alpha value is -1.76. The Morgan fingerprint density at radius 3 is 2.52 bits per heavy atom. The molecule has 1 aromatic rings. The average molecular weight is 472 g/mol. The number of carbonyl (C=O) groups excluding carboxylic acids is 1. The Balaban J connectivity index is 1.32. The molecule has 5 saturated carbocycles. The van der Waals surface area contributed by atoms with Crippen LogP contribution in [-0.2, 0) is 4.79 Å². The van der Waals surface area contributed by atoms with Gasteiger partial charge >= 0.3 is 5.97 Å². The molecule has 5 atom stereocenters. The SMILES string of the molecule is CCCSc1nc(NC2[C@@H]3CC4C[C@H]2CC(C(=O)O)(C4)C3)ccc1C(=O)NC1CCCCC1. The maximum atomic E-state index is 13.1. The van der Waals surface area contributed by atoms with E-state index in [9.17, 15) is 14.7 Å². The summed E-state index contributed by atoms with van der Waals surface area (Å²) in [5.41, 5.74) is 0.185. The number of nitrogens with one attached hydrogen (secondary N) is 2. The second-order valence-corrected chi connectivity index (χ2v) is 12.0. The molecule has 1 heterocycles. The zero-order chi connectivity index (χ0) is 23.0. The van der Waals surface area contributed by atoms with Gasteiger partial charge in [-0.15, -0.1) is 11.8 Å². The van der Waals surface area contributed by atoms with Crippen molar-refractivity contribution in [2.45, 2.75) is 94.7 Å². The molecule has 0 radical (unpaired) electrons. The molecule has 33 heavy (non-hydrogen) atoms. The molecule has 6 nitrogen and oxygen atoms in total. The van der Waals surface area contributed by atoms with Crippen LogP contribution in [0.25, 0.3) is 0 Å². The van der Waals surface area contributed by atoms with Gasteiger partial charge in [0.2, 0.25) is 0 Å². The number of pyridine rings is 1. The Morgan fingerprint density at radius 2 is 1.85 bits per heavy atom. The van der Waals surface area contributed by atoms with Gasteiger partial charge in [-0.2, -0.15) is 0 Å². The van der Waals surface area contributed by atoms with E-state index in [0.717, 1.165) is 68.0 Å². The zero-order valence-electron chi connectivity index (χ0n) is 19.6. The van der Waals surface area contributed by atoms with Crippen molar-refractivity contribution in [2.24, 2.45) is 23.2 Å². The summed E-state index contributed by atoms with van der Waals surface area (Å²) in [5, 5.41) is 17.6. The van der Waals surface area contributed by atoms with Crippen molar-refractivity contribution in [3.8, 4) is 0 Å². The smallest absolute Gasteiger partial charge is 0.309 e. The minimum Gasteiger partial charge on any atom is -0.481 e. The summed E-state index contributed by atoms with van der Waals surface area (Å²) >= 11 is 1.66. The molecule has 4 bridgehead atoms. The molecule has 5 aliphatic carbocycles. The molecular formula is C26H37N3O3S. The maximum absolute atomic E-state index is 13.1. The van der Waals surface area contributed by atoms with E-state index in [1.165, 1.54) is 19.3 Å². The number of aromatic nitrogens is 1. The topological polar surface area (TPSA) is 91.3 Å². The summed E-state index contributed by atoms with van der Waals surface area (Å²) in [6, 6.07) is 4.44. The van der Waals surface area contributed by atoms with Crippen molar-refractivity contribution < 1.29 is 14.7 Å². The fraction of sp³-hybridized carbons (Fsp3) is 0.731. The summed E-state index contributed by atoms with van der Waals surface area (Å²) in [7, 11) is 0. The van der Waals surface area contributed by atoms with Gasteiger partial charge in [0.1, 0.15) is 10.8 Å². The molecule has 0 aliphatic heterocycles. The van der Waals surface area contributed by atoms with E-state index >= 15 is 0 Å². The number of carbonyl (C=O) groups is 2. The van der Waals surface area contributed by atoms with E-state index < -0.39 is 11.4 Å². The van der Waals surface area contributed by atoms with Crippen molar-refractivity contribution in [2.75, 3.05) is 11.1 Å². The van der Waals surface area contributed by atoms with Crippen molar-refractivity contribution in [1.82, 2.24) is 10.3 Å². The number of thioether (sulfide) groups is 1. The molecule has 5 fully saturated rings. The molecule has 0 aromatic carbocycles. The molecule has 5 aliphatic rings. The number of hydrogen-bond acceptors (Lipinski definition) is 5. The van der Waals surface area contributed by atoms with Gasteiger partial charge < -0.3 is 15.7 Å². The molecule has 0 saturated heterocycles. The van der Waals surface area contributed by atoms with Crippen LogP contribution in [-0.4, -0.2) is 39.8 Å². The molecule has 3 unspecified atom stereocenters. The van der Waals surface area contributed by atoms with Gasteiger partial charge in [0.25, 0.3) is 5.91 Å². The van der Waals surface area contributed by atoms with Crippen molar-refractivity contribution >= 4 is 29.5 Å². The molecule has 1 amide bonds. The predicted molar refractivity (Wildman–Crippen MR) is 131 cm³/mol. The van der Waals surface area contributed by atoms with Gasteiger partial charge in [0, 0.05) is 12.1 Å². The van der Waals surface area contributed by atoms with Crippen LogP contribution in [0.15, 0.2) is 17.2 Å². The maximum Gasteiger partial charge on any atom is 0.309 e. The van der Waals surface area contributed by atoms with E-state index in [2.05, 4.69) is 17.6 Å². The lowest BCUT2D eigenvalue weighted by atomic mass is 9.48. The highest BCUT2D eigenvalue weighted by Crippen LogP contribution is 2.60. The highest BCUT2D eigenvalue weighted by Gasteiger charge is 2.58. The van der Waals surface area contributed by atoms with Crippen LogP contribution in [0.4, 0.5) is 5.82 Å². The van der Waals surface area contributed by atoms with Gasteiger partial charge in [-0.25, -0.2) is 4.98 Å². The van der Waals surface area contributed by atoms with Crippen molar-refractivity contribution in [3.63, 3.8) is 0 Å². The van der Waals surface area contributed by atoms with E-state index in [-0.39, 0.29) is 18.0 Å². The fourth-order valence-corrected chi connectivity index (χ4v) is 8.08. The van der Waals surface area contributed by atoms with Crippen molar-refractivity contribution in [1.29, 1.82) is 0 Å². The lowest BCUT2D eigenvalue weighted by Gasteiger charge is -2.58. The van der Waals surface area contributed by atoms with Crippen LogP contribution in [0.2, 0.25) is 0 Å². The number of carboxylic acid groups (broad SMARTS) is 1. The first-order valence-electron chi connectivity index (χ1n) is 12.9. The van der Waals surface area contributed by atoms with E-state index in [0.29, 0.717) is 23.3 Å². The normalized spacial score (nSPS) is 33.1. The third kappa shape index (κ3) is 4.62. The monoisotopic (exact) mass is 471 g/mol. The van der Waals surface area contributed by atoms with Crippen LogP contribution >= 0.6 is 11.8 Å². The Morgan fingerprint density at radius 1 is 1.12 bits per heavy atom. The standard InChI is InChI=1S/C26H37N3O3S/c1-2-10-33-24-20(23(30)27-19-6-4-3-5-7-19)8-9-21(29-24)28-22-17-11-16-12-18(22)15-26(13-16,14-17)25(31)32/h8-9,16-19,22H,2-7,10-15H2,1H3,(H,27,30)(H,28,29)(H,31,32)/t16?,17-,18+,22?,26?. The highest BCUT2D eigenvalue weighted by atomic mass is 32.2. The summed E-state index contributed by atoms with van der Waals surface area (Å²) in [6.07, 6.45) is 11.5. The summed E-state index contributed by atoms with van der Waals surface area (Å²) in [6.45, 7) is 2.14. The Bertz CT molecular complexity index is 885. The number of nitrogens with zero attached hydrogens (tertiary/aromatic N) is 1. The van der Waals surface area contributed by atoms with Crippen LogP contribution < -0.4 is 10.6 Å². The lowest BCUT2D eigenvalue weighted by molar-refractivity contribution is -0.165. The number of rotatable bonds is 8. The van der Waals surface area contributed by atoms with Gasteiger partial charge in [0.15, 0.2) is 0 Å². The lowest BCUT2D eigenvalue weighted by Crippen LogP contribution is -2.58. The van der Waals surface area contributed by atoms with Gasteiger partial charge in [-0.3, -0.25) is 9.59 Å². The number of aliphatic carboxylic acids is 1. The minimum absolute atomic E-state index is 0.00224. The molecule has 0 spiro atoms. The average Bonchev–Trinajstić information content (AvgIpc) is 2.80. The fourth-order valence-electron chi connectivity index (χ4n) is 7.21. The van der Waals surface area contributed by atoms with E-state index in [4.69, 9.17) is 4.98 Å². The molecule has 6 rings (SSSR count). The second-order valence-electron chi connectivity index (χ2n) is 10.9. The number of carboxylic acids is 1. The third-order valence-corrected chi connectivity index (χ3v) is 9.73. The molecule has 1 aromatic heterocycles. The quantitative estimate of drug-likeness (QED) is 0.444. The van der Waals surface area contributed by atoms with Crippen molar-refractivity contribution in [3.05, 3.63) is 17.7 Å². The largest absolute Gasteiger partial charge is 0.481 e. The minimum atomic E-state index is -0.593. The third-order valence-electron chi connectivity index (χ3n) is 8.53. The summed E-state index contributed by atoms with van der Waals surface area (Å²) in [5.74, 6) is 2.52. The second kappa shape index (κ2) is 9.47. The Labute approximate surface area is 201 Å². The predicted octanol–water partition coefficient (Wildman–Crippen LogP) is 5.34. The van der Waals surface area contributed by atoms with Gasteiger partial charge in [-0.05, 0) is 87.0 Å². The first kappa shape index (κ1) is 23.0. The molecule has 7 heteroatoms. The Kier molecular flexibility index (Phi) is 6.60. The van der Waals surface area contributed by atoms with E-state index in [1.807, 2.05) is 12.1 Å². The number of amides is 1. The molecule has 180 valence electrons. The highest BCUT2D eigenvalue weighted by molar-refractivity contribution is 7.99. The zero-order valence-corrected chi connectivity index (χ0v) is 20.5. The van der Waals surface area contributed by atoms with Gasteiger partial charge in [0.05, 0.1) is 11.0 Å². The first-order valence-corrected chi connectivity index (χ1v) is 13.9. The molecular weight excluding hydrogens is 434 g/mol. The first-order chi connectivity index (χ1) is 16.0. The van der Waals surface area contributed by atoms with Crippen LogP contribution in [0.5, 0.6) is 0 Å². The number of anilines is 1.